The van der Waals surface area contributed by atoms with Gasteiger partial charge < -0.3 is 10.3 Å². The topological polar surface area (TPSA) is 82.0 Å². The van der Waals surface area contributed by atoms with Crippen LogP contribution in [0.5, 0.6) is 0 Å². The number of primary amides is 1. The summed E-state index contributed by atoms with van der Waals surface area (Å²) >= 11 is 5.86. The summed E-state index contributed by atoms with van der Waals surface area (Å²) in [4.78, 5) is 14.8. The summed E-state index contributed by atoms with van der Waals surface area (Å²) in [5, 5.41) is 4.41. The second-order valence-corrected chi connectivity index (χ2v) is 3.92. The van der Waals surface area contributed by atoms with E-state index in [1.807, 2.05) is 6.07 Å². The van der Waals surface area contributed by atoms with Crippen molar-refractivity contribution in [2.24, 2.45) is 5.73 Å². The van der Waals surface area contributed by atoms with E-state index in [4.69, 9.17) is 21.9 Å². The summed E-state index contributed by atoms with van der Waals surface area (Å²) in [6.07, 6.45) is 0.542. The highest BCUT2D eigenvalue weighted by atomic mass is 35.5. The molecule has 2 rings (SSSR count). The van der Waals surface area contributed by atoms with Crippen LogP contribution in [0.1, 0.15) is 12.3 Å². The molecule has 0 aliphatic rings. The quantitative estimate of drug-likeness (QED) is 0.898. The molecular formula is C11H10ClN3O2. The third kappa shape index (κ3) is 3.04. The third-order valence-electron chi connectivity index (χ3n) is 2.14. The van der Waals surface area contributed by atoms with Crippen LogP contribution >= 0.6 is 11.6 Å². The number of amides is 1. The Morgan fingerprint density at radius 3 is 3.00 bits per heavy atom. The number of carbonyl (C=O) groups excluding carboxylic acids is 1. The molecular weight excluding hydrogens is 242 g/mol. The Labute approximate surface area is 103 Å². The van der Waals surface area contributed by atoms with E-state index >= 15 is 0 Å². The van der Waals surface area contributed by atoms with Crippen LogP contribution in [-0.4, -0.2) is 16.0 Å². The van der Waals surface area contributed by atoms with E-state index in [1.165, 1.54) is 0 Å². The number of nitrogens with zero attached hydrogens (tertiary/aromatic N) is 2. The lowest BCUT2D eigenvalue weighted by Crippen LogP contribution is -2.11. The molecule has 0 spiro atoms. The van der Waals surface area contributed by atoms with Gasteiger partial charge in [-0.05, 0) is 12.1 Å². The van der Waals surface area contributed by atoms with E-state index in [0.29, 0.717) is 23.2 Å². The van der Waals surface area contributed by atoms with Gasteiger partial charge in [-0.25, -0.2) is 0 Å². The Kier molecular flexibility index (Phi) is 3.39. The Balaban J connectivity index is 2.15. The van der Waals surface area contributed by atoms with Gasteiger partial charge in [0.15, 0.2) is 0 Å². The first-order chi connectivity index (χ1) is 8.15. The molecule has 5 nitrogen and oxygen atoms in total. The fourth-order valence-corrected chi connectivity index (χ4v) is 1.52. The average molecular weight is 252 g/mol. The molecule has 0 saturated carbocycles. The van der Waals surface area contributed by atoms with E-state index in [1.54, 1.807) is 18.2 Å². The van der Waals surface area contributed by atoms with Gasteiger partial charge in [-0.2, -0.15) is 4.98 Å². The van der Waals surface area contributed by atoms with Gasteiger partial charge in [-0.15, -0.1) is 0 Å². The molecule has 2 N–H and O–H groups in total. The van der Waals surface area contributed by atoms with Crippen LogP contribution in [-0.2, 0) is 11.2 Å². The molecule has 17 heavy (non-hydrogen) atoms. The first kappa shape index (κ1) is 11.6. The second-order valence-electron chi connectivity index (χ2n) is 3.49. The van der Waals surface area contributed by atoms with Crippen LogP contribution in [0.3, 0.4) is 0 Å². The van der Waals surface area contributed by atoms with Crippen LogP contribution in [0, 0.1) is 0 Å². The second kappa shape index (κ2) is 4.97. The number of nitrogens with two attached hydrogens (primary N) is 1. The monoisotopic (exact) mass is 251 g/mol. The fourth-order valence-electron chi connectivity index (χ4n) is 1.33. The molecule has 0 aliphatic heterocycles. The highest BCUT2D eigenvalue weighted by Gasteiger charge is 2.09. The number of aryl methyl sites for hydroxylation is 1. The molecule has 0 bridgehead atoms. The molecule has 0 fully saturated rings. The number of aromatic nitrogens is 2. The van der Waals surface area contributed by atoms with Crippen molar-refractivity contribution in [3.63, 3.8) is 0 Å². The molecule has 0 saturated heterocycles. The number of hydrogen-bond acceptors (Lipinski definition) is 4. The normalized spacial score (nSPS) is 10.4. The Morgan fingerprint density at radius 2 is 2.29 bits per heavy atom. The Hall–Kier alpha value is -1.88. The zero-order chi connectivity index (χ0) is 12.3. The molecule has 2 aromatic rings. The molecule has 0 radical (unpaired) electrons. The lowest BCUT2D eigenvalue weighted by Gasteiger charge is -1.93. The number of carbonyl (C=O) groups is 1. The molecule has 0 atom stereocenters. The van der Waals surface area contributed by atoms with Crippen LogP contribution in [0.15, 0.2) is 28.8 Å². The van der Waals surface area contributed by atoms with Crippen LogP contribution < -0.4 is 5.73 Å². The highest BCUT2D eigenvalue weighted by molar-refractivity contribution is 6.30. The van der Waals surface area contributed by atoms with Crippen molar-refractivity contribution in [1.82, 2.24) is 10.1 Å². The minimum atomic E-state index is -0.396. The molecule has 1 aromatic heterocycles. The smallest absolute Gasteiger partial charge is 0.227 e. The van der Waals surface area contributed by atoms with Crippen molar-refractivity contribution in [3.05, 3.63) is 35.2 Å². The maximum atomic E-state index is 10.6. The maximum Gasteiger partial charge on any atom is 0.227 e. The number of benzene rings is 1. The summed E-state index contributed by atoms with van der Waals surface area (Å²) in [6.45, 7) is 0. The van der Waals surface area contributed by atoms with E-state index in [-0.39, 0.29) is 6.42 Å². The summed E-state index contributed by atoms with van der Waals surface area (Å²) in [5.74, 6) is 0.443. The summed E-state index contributed by atoms with van der Waals surface area (Å²) < 4.78 is 5.00. The Bertz CT molecular complexity index is 539. The standard InChI is InChI=1S/C11H10ClN3O2/c12-8-3-1-2-7(6-8)11-14-10(17-15-11)5-4-9(13)16/h1-3,6H,4-5H2,(H2,13,16). The van der Waals surface area contributed by atoms with Crippen molar-refractivity contribution in [3.8, 4) is 11.4 Å². The number of hydrogen-bond donors (Lipinski definition) is 1. The van der Waals surface area contributed by atoms with Crippen LogP contribution in [0.25, 0.3) is 11.4 Å². The largest absolute Gasteiger partial charge is 0.370 e. The van der Waals surface area contributed by atoms with Crippen molar-refractivity contribution >= 4 is 17.5 Å². The van der Waals surface area contributed by atoms with Gasteiger partial charge in [0.25, 0.3) is 0 Å². The van der Waals surface area contributed by atoms with E-state index in [2.05, 4.69) is 10.1 Å². The zero-order valence-corrected chi connectivity index (χ0v) is 9.65. The maximum absolute atomic E-state index is 10.6. The first-order valence-corrected chi connectivity index (χ1v) is 5.40. The fraction of sp³-hybridized carbons (Fsp3) is 0.182. The molecule has 1 amide bonds. The Morgan fingerprint density at radius 1 is 1.47 bits per heavy atom. The van der Waals surface area contributed by atoms with E-state index < -0.39 is 5.91 Å². The minimum Gasteiger partial charge on any atom is -0.370 e. The summed E-state index contributed by atoms with van der Waals surface area (Å²) in [7, 11) is 0. The highest BCUT2D eigenvalue weighted by Crippen LogP contribution is 2.20. The SMILES string of the molecule is NC(=O)CCc1nc(-c2cccc(Cl)c2)no1. The molecule has 1 heterocycles. The van der Waals surface area contributed by atoms with Crippen molar-refractivity contribution in [2.75, 3.05) is 0 Å². The summed E-state index contributed by atoms with van der Waals surface area (Å²) in [6, 6.07) is 7.13. The lowest BCUT2D eigenvalue weighted by molar-refractivity contribution is -0.118. The van der Waals surface area contributed by atoms with Gasteiger partial charge in [0.05, 0.1) is 0 Å². The summed E-state index contributed by atoms with van der Waals surface area (Å²) in [5.41, 5.74) is 5.80. The van der Waals surface area contributed by atoms with Crippen molar-refractivity contribution in [1.29, 1.82) is 0 Å². The van der Waals surface area contributed by atoms with Gasteiger partial charge >= 0.3 is 0 Å². The predicted molar refractivity (Wildman–Crippen MR) is 62.3 cm³/mol. The first-order valence-electron chi connectivity index (χ1n) is 5.02. The van der Waals surface area contributed by atoms with E-state index in [9.17, 15) is 4.79 Å². The van der Waals surface area contributed by atoms with Gasteiger partial charge in [-0.3, -0.25) is 4.79 Å². The molecule has 0 aliphatic carbocycles. The zero-order valence-electron chi connectivity index (χ0n) is 8.89. The van der Waals surface area contributed by atoms with Crippen molar-refractivity contribution in [2.45, 2.75) is 12.8 Å². The van der Waals surface area contributed by atoms with Crippen LogP contribution in [0.4, 0.5) is 0 Å². The minimum absolute atomic E-state index is 0.192. The number of rotatable bonds is 4. The lowest BCUT2D eigenvalue weighted by atomic mass is 10.2. The van der Waals surface area contributed by atoms with Crippen LogP contribution in [0.2, 0.25) is 5.02 Å². The van der Waals surface area contributed by atoms with Crippen molar-refractivity contribution < 1.29 is 9.32 Å². The third-order valence-corrected chi connectivity index (χ3v) is 2.37. The van der Waals surface area contributed by atoms with Gasteiger partial charge in [0.2, 0.25) is 17.6 Å². The predicted octanol–water partition coefficient (Wildman–Crippen LogP) is 1.81. The van der Waals surface area contributed by atoms with Gasteiger partial charge in [0, 0.05) is 23.4 Å². The van der Waals surface area contributed by atoms with Gasteiger partial charge in [-0.1, -0.05) is 28.9 Å². The molecule has 1 aromatic carbocycles. The molecule has 88 valence electrons. The van der Waals surface area contributed by atoms with Gasteiger partial charge in [0.1, 0.15) is 0 Å². The number of halogens is 1. The van der Waals surface area contributed by atoms with E-state index in [0.717, 1.165) is 5.56 Å². The molecule has 0 unspecified atom stereocenters. The molecule has 6 heteroatoms. The average Bonchev–Trinajstić information content (AvgIpc) is 2.75.